The average molecular weight is 390 g/mol. The Hall–Kier alpha value is -3.06. The fraction of sp³-hybridized carbons (Fsp3) is 0.318. The van der Waals surface area contributed by atoms with Gasteiger partial charge in [0.15, 0.2) is 0 Å². The summed E-state index contributed by atoms with van der Waals surface area (Å²) < 4.78 is 16.2. The predicted molar refractivity (Wildman–Crippen MR) is 113 cm³/mol. The number of hydrogen-bond donors (Lipinski definition) is 1. The molecule has 0 aliphatic carbocycles. The van der Waals surface area contributed by atoms with Crippen LogP contribution in [0.15, 0.2) is 48.8 Å². The Labute approximate surface area is 168 Å². The van der Waals surface area contributed by atoms with Gasteiger partial charge in [0.1, 0.15) is 6.17 Å². The minimum atomic E-state index is -0.931. The molecule has 1 aromatic carbocycles. The van der Waals surface area contributed by atoms with Gasteiger partial charge >= 0.3 is 0 Å². The highest BCUT2D eigenvalue weighted by Crippen LogP contribution is 2.30. The van der Waals surface area contributed by atoms with Gasteiger partial charge in [-0.25, -0.2) is 13.9 Å². The maximum Gasteiger partial charge on any atom is 0.241 e. The zero-order chi connectivity index (χ0) is 20.0. The lowest BCUT2D eigenvalue weighted by atomic mass is 10.0. The monoisotopic (exact) mass is 390 g/mol. The van der Waals surface area contributed by atoms with Crippen LogP contribution in [0.2, 0.25) is 0 Å². The van der Waals surface area contributed by atoms with Gasteiger partial charge in [-0.05, 0) is 50.2 Å². The van der Waals surface area contributed by atoms with Crippen molar-refractivity contribution >= 4 is 22.4 Å². The molecule has 4 heterocycles. The van der Waals surface area contributed by atoms with Crippen molar-refractivity contribution in [1.29, 1.82) is 0 Å². The molecule has 4 aromatic rings. The van der Waals surface area contributed by atoms with E-state index < -0.39 is 6.17 Å². The van der Waals surface area contributed by atoms with Gasteiger partial charge in [0.25, 0.3) is 0 Å². The Morgan fingerprint density at radius 3 is 2.97 bits per heavy atom. The van der Waals surface area contributed by atoms with Gasteiger partial charge in [-0.2, -0.15) is 0 Å². The highest BCUT2D eigenvalue weighted by molar-refractivity contribution is 5.89. The van der Waals surface area contributed by atoms with Crippen molar-refractivity contribution in [3.8, 4) is 11.1 Å². The average Bonchev–Trinajstić information content (AvgIpc) is 3.14. The van der Waals surface area contributed by atoms with E-state index in [2.05, 4.69) is 38.6 Å². The first kappa shape index (κ1) is 18.0. The standard InChI is InChI=1S/C22H23FN6/c1-14-21-17(15-5-6-19-16(12-15)4-3-9-24-19)7-11-29(21)27-22(25-14)26-20-8-10-28(2)13-18(20)23/h3-7,9,11-12,18,20H,8,10,13H2,1-2H3,(H,26,27). The van der Waals surface area contributed by atoms with Crippen LogP contribution in [0.25, 0.3) is 27.5 Å². The van der Waals surface area contributed by atoms with Crippen molar-refractivity contribution in [2.75, 3.05) is 25.5 Å². The van der Waals surface area contributed by atoms with Crippen molar-refractivity contribution in [3.63, 3.8) is 0 Å². The number of aromatic nitrogens is 4. The summed E-state index contributed by atoms with van der Waals surface area (Å²) in [6, 6.07) is 12.0. The number of nitrogens with zero attached hydrogens (tertiary/aromatic N) is 5. The van der Waals surface area contributed by atoms with E-state index in [1.165, 1.54) is 0 Å². The third-order valence-corrected chi connectivity index (χ3v) is 5.66. The van der Waals surface area contributed by atoms with Crippen molar-refractivity contribution in [1.82, 2.24) is 24.5 Å². The topological polar surface area (TPSA) is 58.4 Å². The molecule has 0 bridgehead atoms. The van der Waals surface area contributed by atoms with Crippen molar-refractivity contribution in [2.45, 2.75) is 25.6 Å². The lowest BCUT2D eigenvalue weighted by molar-refractivity contribution is 0.149. The molecule has 6 nitrogen and oxygen atoms in total. The van der Waals surface area contributed by atoms with Crippen LogP contribution in [0.1, 0.15) is 12.1 Å². The van der Waals surface area contributed by atoms with E-state index in [1.807, 2.05) is 47.8 Å². The van der Waals surface area contributed by atoms with Gasteiger partial charge in [0.05, 0.1) is 22.8 Å². The maximum absolute atomic E-state index is 14.4. The lowest BCUT2D eigenvalue weighted by Gasteiger charge is -2.32. The fourth-order valence-corrected chi connectivity index (χ4v) is 4.12. The fourth-order valence-electron chi connectivity index (χ4n) is 4.12. The van der Waals surface area contributed by atoms with Crippen molar-refractivity contribution in [2.24, 2.45) is 0 Å². The number of likely N-dealkylation sites (tertiary alicyclic amines) is 1. The molecular weight excluding hydrogens is 367 g/mol. The Balaban J connectivity index is 1.49. The minimum Gasteiger partial charge on any atom is -0.347 e. The molecule has 148 valence electrons. The molecule has 0 saturated carbocycles. The van der Waals surface area contributed by atoms with Gasteiger partial charge in [-0.1, -0.05) is 12.1 Å². The molecule has 1 saturated heterocycles. The number of anilines is 1. The highest BCUT2D eigenvalue weighted by atomic mass is 19.1. The van der Waals surface area contributed by atoms with Crippen molar-refractivity contribution in [3.05, 3.63) is 54.5 Å². The number of pyridine rings is 1. The molecule has 1 aliphatic heterocycles. The molecule has 0 spiro atoms. The van der Waals surface area contributed by atoms with Crippen LogP contribution < -0.4 is 5.32 Å². The third kappa shape index (κ3) is 3.31. The van der Waals surface area contributed by atoms with Gasteiger partial charge in [0.2, 0.25) is 5.95 Å². The van der Waals surface area contributed by atoms with E-state index in [1.54, 1.807) is 6.20 Å². The molecular formula is C22H23FN6. The first-order chi connectivity index (χ1) is 14.1. The van der Waals surface area contributed by atoms with Gasteiger partial charge < -0.3 is 10.2 Å². The van der Waals surface area contributed by atoms with Crippen LogP contribution in [0.5, 0.6) is 0 Å². The SMILES string of the molecule is Cc1nc(NC2CCN(C)CC2F)nn2ccc(-c3ccc4ncccc4c3)c12. The molecule has 1 N–H and O–H groups in total. The Kier molecular flexibility index (Phi) is 4.39. The predicted octanol–water partition coefficient (Wildman–Crippen LogP) is 3.71. The molecule has 3 aromatic heterocycles. The summed E-state index contributed by atoms with van der Waals surface area (Å²) in [6.07, 6.45) is 3.54. The summed E-state index contributed by atoms with van der Waals surface area (Å²) in [5, 5.41) is 8.89. The Morgan fingerprint density at radius 2 is 2.10 bits per heavy atom. The Morgan fingerprint density at radius 1 is 1.21 bits per heavy atom. The van der Waals surface area contributed by atoms with Crippen LogP contribution in [-0.4, -0.2) is 56.8 Å². The Bertz CT molecular complexity index is 1190. The molecule has 1 fully saturated rings. The number of nitrogens with one attached hydrogen (secondary N) is 1. The quantitative estimate of drug-likeness (QED) is 0.578. The van der Waals surface area contributed by atoms with E-state index >= 15 is 0 Å². The van der Waals surface area contributed by atoms with Crippen LogP contribution >= 0.6 is 0 Å². The number of halogens is 1. The zero-order valence-electron chi connectivity index (χ0n) is 16.5. The second-order valence-corrected chi connectivity index (χ2v) is 7.77. The second-order valence-electron chi connectivity index (χ2n) is 7.77. The number of aryl methyl sites for hydroxylation is 1. The lowest BCUT2D eigenvalue weighted by Crippen LogP contribution is -2.46. The van der Waals surface area contributed by atoms with E-state index in [0.29, 0.717) is 12.5 Å². The summed E-state index contributed by atoms with van der Waals surface area (Å²) in [5.74, 6) is 0.470. The van der Waals surface area contributed by atoms with Crippen LogP contribution in [0, 0.1) is 6.92 Å². The largest absolute Gasteiger partial charge is 0.347 e. The first-order valence-corrected chi connectivity index (χ1v) is 9.89. The molecule has 7 heteroatoms. The third-order valence-electron chi connectivity index (χ3n) is 5.66. The molecule has 2 atom stereocenters. The summed E-state index contributed by atoms with van der Waals surface area (Å²) in [7, 11) is 1.94. The molecule has 5 rings (SSSR count). The summed E-state index contributed by atoms with van der Waals surface area (Å²) in [5.41, 5.74) is 4.95. The number of rotatable bonds is 3. The summed E-state index contributed by atoms with van der Waals surface area (Å²) >= 11 is 0. The van der Waals surface area contributed by atoms with Gasteiger partial charge in [-0.15, -0.1) is 5.10 Å². The number of piperidine rings is 1. The first-order valence-electron chi connectivity index (χ1n) is 9.89. The van der Waals surface area contributed by atoms with Crippen LogP contribution in [0.4, 0.5) is 10.3 Å². The van der Waals surface area contributed by atoms with Crippen LogP contribution in [0.3, 0.4) is 0 Å². The van der Waals surface area contributed by atoms with Gasteiger partial charge in [0, 0.05) is 36.4 Å². The number of benzene rings is 1. The molecule has 0 radical (unpaired) electrons. The van der Waals surface area contributed by atoms with E-state index in [4.69, 9.17) is 0 Å². The van der Waals surface area contributed by atoms with E-state index in [9.17, 15) is 4.39 Å². The highest BCUT2D eigenvalue weighted by Gasteiger charge is 2.28. The molecule has 2 unspecified atom stereocenters. The zero-order valence-corrected chi connectivity index (χ0v) is 16.5. The molecule has 0 amide bonds. The normalized spacial score (nSPS) is 20.4. The maximum atomic E-state index is 14.4. The van der Waals surface area contributed by atoms with E-state index in [-0.39, 0.29) is 6.04 Å². The summed E-state index contributed by atoms with van der Waals surface area (Å²) in [6.45, 7) is 3.27. The number of hydrogen-bond acceptors (Lipinski definition) is 5. The number of fused-ring (bicyclic) bond motifs is 2. The van der Waals surface area contributed by atoms with Crippen molar-refractivity contribution < 1.29 is 4.39 Å². The number of alkyl halides is 1. The van der Waals surface area contributed by atoms with Gasteiger partial charge in [-0.3, -0.25) is 4.98 Å². The second kappa shape index (κ2) is 7.08. The van der Waals surface area contributed by atoms with E-state index in [0.717, 1.165) is 46.2 Å². The molecule has 29 heavy (non-hydrogen) atoms. The molecule has 1 aliphatic rings. The smallest absolute Gasteiger partial charge is 0.241 e. The minimum absolute atomic E-state index is 0.258. The van der Waals surface area contributed by atoms with Crippen LogP contribution in [-0.2, 0) is 0 Å². The summed E-state index contributed by atoms with van der Waals surface area (Å²) in [4.78, 5) is 11.0.